The molecule has 2 N–H and O–H groups in total. The van der Waals surface area contributed by atoms with Gasteiger partial charge >= 0.3 is 0 Å². The number of aliphatic hydroxyl groups excluding tert-OH is 1. The van der Waals surface area contributed by atoms with Gasteiger partial charge in [-0.3, -0.25) is 4.79 Å². The van der Waals surface area contributed by atoms with Gasteiger partial charge in [0.2, 0.25) is 0 Å². The predicted molar refractivity (Wildman–Crippen MR) is 70.6 cm³/mol. The molecule has 2 aliphatic carbocycles. The molecule has 1 amide bonds. The minimum Gasteiger partial charge on any atom is -0.459 e. The third-order valence-corrected chi connectivity index (χ3v) is 5.84. The summed E-state index contributed by atoms with van der Waals surface area (Å²) in [6, 6.07) is 3.16. The van der Waals surface area contributed by atoms with Crippen LogP contribution < -0.4 is 5.32 Å². The van der Waals surface area contributed by atoms with E-state index in [1.54, 1.807) is 12.1 Å². The van der Waals surface area contributed by atoms with Crippen LogP contribution in [0.15, 0.2) is 22.8 Å². The molecule has 0 aromatic carbocycles. The Labute approximate surface area is 113 Å². The fourth-order valence-corrected chi connectivity index (χ4v) is 4.15. The molecule has 4 atom stereocenters. The summed E-state index contributed by atoms with van der Waals surface area (Å²) in [5.74, 6) is 0.394. The number of hydrogen-bond acceptors (Lipinski definition) is 3. The van der Waals surface area contributed by atoms with Crippen LogP contribution in [-0.2, 0) is 0 Å². The van der Waals surface area contributed by atoms with E-state index < -0.39 is 6.10 Å². The molecule has 2 bridgehead atoms. The number of amides is 1. The number of rotatable bonds is 2. The zero-order valence-electron chi connectivity index (χ0n) is 11.6. The molecular weight excluding hydrogens is 242 g/mol. The summed E-state index contributed by atoms with van der Waals surface area (Å²) < 4.78 is 5.10. The van der Waals surface area contributed by atoms with E-state index in [0.29, 0.717) is 11.7 Å². The first-order chi connectivity index (χ1) is 8.88. The zero-order chi connectivity index (χ0) is 13.8. The SMILES string of the molecule is CC1(C)[C@@H]2CC[C@@]1(C)[C@H](O)[C@@H]2NC(=O)c1ccco1. The Hall–Kier alpha value is -1.29. The maximum atomic E-state index is 12.1. The van der Waals surface area contributed by atoms with Gasteiger partial charge in [-0.05, 0) is 36.3 Å². The summed E-state index contributed by atoms with van der Waals surface area (Å²) in [5, 5.41) is 13.5. The van der Waals surface area contributed by atoms with Crippen molar-refractivity contribution in [3.05, 3.63) is 24.2 Å². The molecule has 104 valence electrons. The number of fused-ring (bicyclic) bond motifs is 2. The molecule has 1 aromatic rings. The summed E-state index contributed by atoms with van der Waals surface area (Å²) in [6.45, 7) is 6.54. The number of nitrogens with one attached hydrogen (secondary N) is 1. The number of hydrogen-bond donors (Lipinski definition) is 2. The highest BCUT2D eigenvalue weighted by molar-refractivity contribution is 5.91. The van der Waals surface area contributed by atoms with Crippen LogP contribution in [-0.4, -0.2) is 23.2 Å². The van der Waals surface area contributed by atoms with Gasteiger partial charge in [-0.25, -0.2) is 0 Å². The molecule has 0 saturated heterocycles. The smallest absolute Gasteiger partial charge is 0.287 e. The summed E-state index contributed by atoms with van der Waals surface area (Å²) in [6.07, 6.45) is 3.08. The van der Waals surface area contributed by atoms with Crippen LogP contribution in [0.5, 0.6) is 0 Å². The molecule has 3 rings (SSSR count). The third-order valence-electron chi connectivity index (χ3n) is 5.84. The Morgan fingerprint density at radius 1 is 1.47 bits per heavy atom. The maximum absolute atomic E-state index is 12.1. The van der Waals surface area contributed by atoms with E-state index in [4.69, 9.17) is 4.42 Å². The van der Waals surface area contributed by atoms with E-state index in [1.165, 1.54) is 6.26 Å². The van der Waals surface area contributed by atoms with Crippen molar-refractivity contribution in [2.75, 3.05) is 0 Å². The lowest BCUT2D eigenvalue weighted by molar-refractivity contribution is 0.000324. The van der Waals surface area contributed by atoms with E-state index in [9.17, 15) is 9.90 Å². The molecule has 4 nitrogen and oxygen atoms in total. The molecule has 0 aliphatic heterocycles. The van der Waals surface area contributed by atoms with Gasteiger partial charge in [-0.2, -0.15) is 0 Å². The molecule has 1 aromatic heterocycles. The zero-order valence-corrected chi connectivity index (χ0v) is 11.6. The summed E-state index contributed by atoms with van der Waals surface area (Å²) in [7, 11) is 0. The molecule has 4 heteroatoms. The standard InChI is InChI=1S/C15H21NO3/c1-14(2)9-6-7-15(14,3)12(17)11(9)16-13(18)10-5-4-8-19-10/h4-5,8-9,11-12,17H,6-7H2,1-3H3,(H,16,18)/t9-,11-,12-,15+/m1/s1. The van der Waals surface area contributed by atoms with Crippen LogP contribution in [0.4, 0.5) is 0 Å². The lowest BCUT2D eigenvalue weighted by Gasteiger charge is -2.37. The molecule has 19 heavy (non-hydrogen) atoms. The highest BCUT2D eigenvalue weighted by Gasteiger charge is 2.66. The second-order valence-electron chi connectivity index (χ2n) is 6.71. The Kier molecular flexibility index (Phi) is 2.58. The van der Waals surface area contributed by atoms with Crippen molar-refractivity contribution in [3.8, 4) is 0 Å². The maximum Gasteiger partial charge on any atom is 0.287 e. The first-order valence-electron chi connectivity index (χ1n) is 6.90. The molecule has 2 fully saturated rings. The molecular formula is C15H21NO3. The van der Waals surface area contributed by atoms with Crippen LogP contribution in [0.2, 0.25) is 0 Å². The fraction of sp³-hybridized carbons (Fsp3) is 0.667. The van der Waals surface area contributed by atoms with E-state index in [1.807, 2.05) is 0 Å². The van der Waals surface area contributed by atoms with Gasteiger partial charge in [-0.15, -0.1) is 0 Å². The lowest BCUT2D eigenvalue weighted by Crippen LogP contribution is -2.49. The second-order valence-corrected chi connectivity index (χ2v) is 6.71. The summed E-state index contributed by atoms with van der Waals surface area (Å²) in [4.78, 5) is 12.1. The molecule has 2 saturated carbocycles. The van der Waals surface area contributed by atoms with Crippen molar-refractivity contribution >= 4 is 5.91 Å². The monoisotopic (exact) mass is 263 g/mol. The first kappa shape index (κ1) is 12.7. The van der Waals surface area contributed by atoms with Crippen LogP contribution in [0.3, 0.4) is 0 Å². The number of furan rings is 1. The first-order valence-corrected chi connectivity index (χ1v) is 6.90. The van der Waals surface area contributed by atoms with Gasteiger partial charge in [0, 0.05) is 5.41 Å². The second kappa shape index (κ2) is 3.85. The summed E-state index contributed by atoms with van der Waals surface area (Å²) in [5.41, 5.74) is -0.0632. The normalized spacial score (nSPS) is 39.5. The summed E-state index contributed by atoms with van der Waals surface area (Å²) >= 11 is 0. The van der Waals surface area contributed by atoms with E-state index in [2.05, 4.69) is 26.1 Å². The van der Waals surface area contributed by atoms with Gasteiger partial charge < -0.3 is 14.8 Å². The molecule has 0 unspecified atom stereocenters. The van der Waals surface area contributed by atoms with Gasteiger partial charge in [0.05, 0.1) is 18.4 Å². The van der Waals surface area contributed by atoms with Gasteiger partial charge in [0.1, 0.15) is 0 Å². The predicted octanol–water partition coefficient (Wildman–Crippen LogP) is 2.20. The van der Waals surface area contributed by atoms with Gasteiger partial charge in [0.25, 0.3) is 5.91 Å². The average Bonchev–Trinajstić information content (AvgIpc) is 2.97. The van der Waals surface area contributed by atoms with Crippen molar-refractivity contribution in [1.29, 1.82) is 0 Å². The minimum atomic E-state index is -0.486. The number of carbonyl (C=O) groups excluding carboxylic acids is 1. The third kappa shape index (κ3) is 1.52. The Morgan fingerprint density at radius 3 is 2.74 bits per heavy atom. The Bertz CT molecular complexity index is 493. The fourth-order valence-electron chi connectivity index (χ4n) is 4.15. The van der Waals surface area contributed by atoms with Crippen molar-refractivity contribution in [2.24, 2.45) is 16.7 Å². The van der Waals surface area contributed by atoms with Crippen molar-refractivity contribution < 1.29 is 14.3 Å². The Balaban J connectivity index is 1.82. The molecule has 0 spiro atoms. The van der Waals surface area contributed by atoms with E-state index in [-0.39, 0.29) is 22.8 Å². The van der Waals surface area contributed by atoms with Crippen molar-refractivity contribution in [3.63, 3.8) is 0 Å². The quantitative estimate of drug-likeness (QED) is 0.859. The van der Waals surface area contributed by atoms with Crippen molar-refractivity contribution in [2.45, 2.75) is 45.8 Å². The van der Waals surface area contributed by atoms with Gasteiger partial charge in [0.15, 0.2) is 5.76 Å². The Morgan fingerprint density at radius 2 is 2.21 bits per heavy atom. The number of aliphatic hydroxyl groups is 1. The molecule has 2 aliphatic rings. The lowest BCUT2D eigenvalue weighted by atomic mass is 9.70. The largest absolute Gasteiger partial charge is 0.459 e. The average molecular weight is 263 g/mol. The molecule has 0 radical (unpaired) electrons. The topological polar surface area (TPSA) is 62.5 Å². The highest BCUT2D eigenvalue weighted by Crippen LogP contribution is 2.65. The van der Waals surface area contributed by atoms with Gasteiger partial charge in [-0.1, -0.05) is 20.8 Å². The van der Waals surface area contributed by atoms with Crippen molar-refractivity contribution in [1.82, 2.24) is 5.32 Å². The van der Waals surface area contributed by atoms with Crippen LogP contribution in [0.1, 0.15) is 44.2 Å². The van der Waals surface area contributed by atoms with Crippen LogP contribution in [0, 0.1) is 16.7 Å². The van der Waals surface area contributed by atoms with Crippen LogP contribution in [0.25, 0.3) is 0 Å². The van der Waals surface area contributed by atoms with E-state index in [0.717, 1.165) is 12.8 Å². The van der Waals surface area contributed by atoms with E-state index >= 15 is 0 Å². The van der Waals surface area contributed by atoms with Crippen LogP contribution >= 0.6 is 0 Å². The number of carbonyl (C=O) groups is 1. The molecule has 1 heterocycles. The highest BCUT2D eigenvalue weighted by atomic mass is 16.3. The minimum absolute atomic E-state index is 0.0491.